The summed E-state index contributed by atoms with van der Waals surface area (Å²) in [6.07, 6.45) is 4.36. The third kappa shape index (κ3) is 3.65. The fourth-order valence-electron chi connectivity index (χ4n) is 3.73. The summed E-state index contributed by atoms with van der Waals surface area (Å²) in [5.41, 5.74) is 6.91. The van der Waals surface area contributed by atoms with Gasteiger partial charge in [0.2, 0.25) is 5.91 Å². The number of rotatable bonds is 6. The molecule has 1 amide bonds. The molecule has 0 radical (unpaired) electrons. The van der Waals surface area contributed by atoms with Crippen LogP contribution in [0.25, 0.3) is 0 Å². The van der Waals surface area contributed by atoms with Crippen molar-refractivity contribution in [3.63, 3.8) is 0 Å². The predicted molar refractivity (Wildman–Crippen MR) is 108 cm³/mol. The van der Waals surface area contributed by atoms with Gasteiger partial charge in [-0.15, -0.1) is 0 Å². The van der Waals surface area contributed by atoms with Gasteiger partial charge in [0, 0.05) is 24.4 Å². The average molecular weight is 361 g/mol. The van der Waals surface area contributed by atoms with E-state index in [1.54, 1.807) is 0 Å². The summed E-state index contributed by atoms with van der Waals surface area (Å²) in [6, 6.07) is 19.6. The second-order valence-corrected chi connectivity index (χ2v) is 7.95. The summed E-state index contributed by atoms with van der Waals surface area (Å²) < 4.78 is 2.13. The summed E-state index contributed by atoms with van der Waals surface area (Å²) in [5.74, 6) is 0.666. The molecule has 3 aromatic rings. The molecule has 140 valence electrons. The van der Waals surface area contributed by atoms with Crippen molar-refractivity contribution in [1.29, 1.82) is 0 Å². The second-order valence-electron chi connectivity index (χ2n) is 7.95. The Morgan fingerprint density at radius 2 is 1.48 bits per heavy atom. The Labute approximate surface area is 161 Å². The lowest BCUT2D eigenvalue weighted by Gasteiger charge is -2.33. The highest BCUT2D eigenvalue weighted by atomic mass is 16.1. The molecule has 0 unspecified atom stereocenters. The van der Waals surface area contributed by atoms with E-state index in [-0.39, 0.29) is 11.3 Å². The molecule has 3 rings (SSSR count). The van der Waals surface area contributed by atoms with Crippen LogP contribution in [0.5, 0.6) is 0 Å². The number of primary amides is 1. The molecule has 0 fully saturated rings. The van der Waals surface area contributed by atoms with Gasteiger partial charge < -0.3 is 10.3 Å². The van der Waals surface area contributed by atoms with Crippen LogP contribution in [0.2, 0.25) is 0 Å². The highest BCUT2D eigenvalue weighted by Crippen LogP contribution is 2.36. The first-order chi connectivity index (χ1) is 12.9. The lowest BCUT2D eigenvalue weighted by atomic mass is 9.71. The van der Waals surface area contributed by atoms with Gasteiger partial charge >= 0.3 is 0 Å². The van der Waals surface area contributed by atoms with E-state index < -0.39 is 5.41 Å². The molecule has 0 aliphatic heterocycles. The molecule has 0 bridgehead atoms. The number of aromatic nitrogens is 2. The number of nitrogens with zero attached hydrogens (tertiary/aromatic N) is 2. The quantitative estimate of drug-likeness (QED) is 0.720. The van der Waals surface area contributed by atoms with E-state index in [1.807, 2.05) is 73.1 Å². The normalized spacial score (nSPS) is 12.1. The van der Waals surface area contributed by atoms with Gasteiger partial charge in [0.05, 0.1) is 0 Å². The van der Waals surface area contributed by atoms with Crippen LogP contribution in [-0.4, -0.2) is 15.5 Å². The monoisotopic (exact) mass is 361 g/mol. The van der Waals surface area contributed by atoms with Gasteiger partial charge in [0.15, 0.2) is 0 Å². The molecular weight excluding hydrogens is 334 g/mol. The van der Waals surface area contributed by atoms with Gasteiger partial charge in [0.25, 0.3) is 0 Å². The smallest absolute Gasteiger partial charge is 0.232 e. The second kappa shape index (κ2) is 7.39. The van der Waals surface area contributed by atoms with Gasteiger partial charge in [-0.25, -0.2) is 4.98 Å². The molecule has 0 saturated carbocycles. The van der Waals surface area contributed by atoms with Gasteiger partial charge in [-0.1, -0.05) is 81.4 Å². The SMILES string of the molecule is CC(C)(C)c1nccn1CCC(C(N)=O)(c1ccccc1)c1ccccc1. The van der Waals surface area contributed by atoms with Crippen LogP contribution < -0.4 is 5.73 Å². The summed E-state index contributed by atoms with van der Waals surface area (Å²) in [6.45, 7) is 7.07. The van der Waals surface area contributed by atoms with Crippen molar-refractivity contribution in [2.75, 3.05) is 0 Å². The van der Waals surface area contributed by atoms with Crippen LogP contribution in [0, 0.1) is 0 Å². The molecule has 0 aliphatic rings. The van der Waals surface area contributed by atoms with Crippen LogP contribution in [0.1, 0.15) is 44.1 Å². The Hall–Kier alpha value is -2.88. The van der Waals surface area contributed by atoms with E-state index in [9.17, 15) is 4.79 Å². The molecule has 4 nitrogen and oxygen atoms in total. The summed E-state index contributed by atoms with van der Waals surface area (Å²) >= 11 is 0. The Morgan fingerprint density at radius 1 is 0.963 bits per heavy atom. The van der Waals surface area contributed by atoms with Gasteiger partial charge in [-0.3, -0.25) is 4.79 Å². The Kier molecular flexibility index (Phi) is 5.17. The first-order valence-electron chi connectivity index (χ1n) is 9.28. The summed E-state index contributed by atoms with van der Waals surface area (Å²) in [5, 5.41) is 0. The minimum absolute atomic E-state index is 0.0711. The van der Waals surface area contributed by atoms with E-state index in [1.165, 1.54) is 0 Å². The number of benzene rings is 2. The van der Waals surface area contributed by atoms with E-state index in [2.05, 4.69) is 30.3 Å². The minimum Gasteiger partial charge on any atom is -0.369 e. The minimum atomic E-state index is -0.887. The van der Waals surface area contributed by atoms with Gasteiger partial charge in [0.1, 0.15) is 11.2 Å². The Balaban J connectivity index is 2.06. The number of carbonyl (C=O) groups is 1. The summed E-state index contributed by atoms with van der Waals surface area (Å²) in [4.78, 5) is 17.4. The number of hydrogen-bond donors (Lipinski definition) is 1. The van der Waals surface area contributed by atoms with Crippen LogP contribution >= 0.6 is 0 Å². The van der Waals surface area contributed by atoms with Crippen molar-refractivity contribution in [3.8, 4) is 0 Å². The van der Waals surface area contributed by atoms with E-state index in [4.69, 9.17) is 5.73 Å². The molecule has 0 spiro atoms. The Morgan fingerprint density at radius 3 is 1.93 bits per heavy atom. The average Bonchev–Trinajstić information content (AvgIpc) is 3.13. The summed E-state index contributed by atoms with van der Waals surface area (Å²) in [7, 11) is 0. The first-order valence-corrected chi connectivity index (χ1v) is 9.28. The van der Waals surface area contributed by atoms with Gasteiger partial charge in [-0.05, 0) is 17.5 Å². The molecule has 4 heteroatoms. The number of imidazole rings is 1. The maximum absolute atomic E-state index is 12.9. The first kappa shape index (κ1) is 18.9. The van der Waals surface area contributed by atoms with Crippen LogP contribution in [0.4, 0.5) is 0 Å². The molecule has 27 heavy (non-hydrogen) atoms. The van der Waals surface area contributed by atoms with Crippen molar-refractivity contribution < 1.29 is 4.79 Å². The lowest BCUT2D eigenvalue weighted by Crippen LogP contribution is -2.43. The van der Waals surface area contributed by atoms with Crippen LogP contribution in [0.15, 0.2) is 73.1 Å². The van der Waals surface area contributed by atoms with Crippen molar-refractivity contribution in [2.45, 2.75) is 44.6 Å². The van der Waals surface area contributed by atoms with Crippen molar-refractivity contribution in [2.24, 2.45) is 5.73 Å². The van der Waals surface area contributed by atoms with Crippen molar-refractivity contribution >= 4 is 5.91 Å². The largest absolute Gasteiger partial charge is 0.369 e. The van der Waals surface area contributed by atoms with Crippen molar-refractivity contribution in [3.05, 3.63) is 90.0 Å². The number of aryl methyl sites for hydroxylation is 1. The third-order valence-corrected chi connectivity index (χ3v) is 5.07. The molecule has 1 aromatic heterocycles. The van der Waals surface area contributed by atoms with Crippen LogP contribution in [-0.2, 0) is 22.2 Å². The lowest BCUT2D eigenvalue weighted by molar-refractivity contribution is -0.122. The fraction of sp³-hybridized carbons (Fsp3) is 0.304. The van der Waals surface area contributed by atoms with E-state index >= 15 is 0 Å². The predicted octanol–water partition coefficient (Wildman–Crippen LogP) is 4.04. The zero-order chi connectivity index (χ0) is 19.5. The Bertz CT molecular complexity index is 853. The van der Waals surface area contributed by atoms with E-state index in [0.29, 0.717) is 13.0 Å². The fourth-order valence-corrected chi connectivity index (χ4v) is 3.73. The molecule has 1 heterocycles. The molecule has 0 aliphatic carbocycles. The maximum Gasteiger partial charge on any atom is 0.232 e. The molecule has 0 atom stereocenters. The molecular formula is C23H27N3O. The van der Waals surface area contributed by atoms with Crippen molar-refractivity contribution in [1.82, 2.24) is 9.55 Å². The zero-order valence-electron chi connectivity index (χ0n) is 16.2. The number of carbonyl (C=O) groups excluding carboxylic acids is 1. The molecule has 2 N–H and O–H groups in total. The number of hydrogen-bond acceptors (Lipinski definition) is 2. The maximum atomic E-state index is 12.9. The third-order valence-electron chi connectivity index (χ3n) is 5.07. The highest BCUT2D eigenvalue weighted by Gasteiger charge is 2.40. The van der Waals surface area contributed by atoms with E-state index in [0.717, 1.165) is 17.0 Å². The van der Waals surface area contributed by atoms with Crippen LogP contribution in [0.3, 0.4) is 0 Å². The zero-order valence-corrected chi connectivity index (χ0v) is 16.2. The number of nitrogens with two attached hydrogens (primary N) is 1. The number of amides is 1. The molecule has 0 saturated heterocycles. The standard InChI is InChI=1S/C23H27N3O/c1-22(2,3)21-25-15-17-26(21)16-14-23(20(24)27,18-10-6-4-7-11-18)19-12-8-5-9-13-19/h4-13,15,17H,14,16H2,1-3H3,(H2,24,27). The highest BCUT2D eigenvalue weighted by molar-refractivity contribution is 5.90. The topological polar surface area (TPSA) is 60.9 Å². The van der Waals surface area contributed by atoms with Gasteiger partial charge in [-0.2, -0.15) is 0 Å². The molecule has 2 aromatic carbocycles.